The largest absolute Gasteiger partial charge is 0.490 e. The first-order chi connectivity index (χ1) is 11.0. The van der Waals surface area contributed by atoms with Crippen molar-refractivity contribution in [2.75, 3.05) is 13.2 Å². The second-order valence-electron chi connectivity index (χ2n) is 5.29. The Morgan fingerprint density at radius 3 is 2.61 bits per heavy atom. The van der Waals surface area contributed by atoms with Crippen LogP contribution in [0.15, 0.2) is 23.8 Å². The van der Waals surface area contributed by atoms with Crippen LogP contribution in [0.3, 0.4) is 0 Å². The third-order valence-corrected chi connectivity index (χ3v) is 2.83. The Morgan fingerprint density at radius 1 is 1.30 bits per heavy atom. The second-order valence-corrected chi connectivity index (χ2v) is 5.29. The number of nitrogens with zero attached hydrogens (tertiary/aromatic N) is 1. The van der Waals surface area contributed by atoms with Gasteiger partial charge < -0.3 is 14.8 Å². The predicted octanol–water partition coefficient (Wildman–Crippen LogP) is 3.31. The molecule has 0 heterocycles. The van der Waals surface area contributed by atoms with E-state index in [9.17, 15) is 10.1 Å². The minimum absolute atomic E-state index is 0.0249. The van der Waals surface area contributed by atoms with Crippen molar-refractivity contribution < 1.29 is 14.3 Å². The van der Waals surface area contributed by atoms with E-state index in [0.717, 1.165) is 6.42 Å². The van der Waals surface area contributed by atoms with E-state index in [1.807, 2.05) is 33.8 Å². The minimum atomic E-state index is -0.383. The quantitative estimate of drug-likeness (QED) is 0.590. The number of hydrogen-bond donors (Lipinski definition) is 1. The van der Waals surface area contributed by atoms with E-state index < -0.39 is 0 Å². The number of carbonyl (C=O) groups is 1. The highest BCUT2D eigenvalue weighted by Crippen LogP contribution is 2.29. The van der Waals surface area contributed by atoms with Crippen LogP contribution in [-0.4, -0.2) is 25.2 Å². The monoisotopic (exact) mass is 316 g/mol. The summed E-state index contributed by atoms with van der Waals surface area (Å²) in [5.74, 6) is 0.888. The normalized spacial score (nSPS) is 11.0. The van der Waals surface area contributed by atoms with Gasteiger partial charge >= 0.3 is 0 Å². The summed E-state index contributed by atoms with van der Waals surface area (Å²) in [5.41, 5.74) is 0.774. The molecule has 0 unspecified atom stereocenters. The molecule has 0 fully saturated rings. The number of rotatable bonds is 8. The van der Waals surface area contributed by atoms with Crippen molar-refractivity contribution in [3.63, 3.8) is 0 Å². The Hall–Kier alpha value is -2.48. The zero-order chi connectivity index (χ0) is 17.2. The average Bonchev–Trinajstić information content (AvgIpc) is 2.51. The molecular formula is C18H24N2O3. The maximum absolute atomic E-state index is 12.0. The van der Waals surface area contributed by atoms with Crippen molar-refractivity contribution in [1.82, 2.24) is 5.32 Å². The maximum atomic E-state index is 12.0. The van der Waals surface area contributed by atoms with Gasteiger partial charge in [-0.2, -0.15) is 5.26 Å². The summed E-state index contributed by atoms with van der Waals surface area (Å²) in [6, 6.07) is 7.27. The molecule has 1 aromatic carbocycles. The lowest BCUT2D eigenvalue weighted by Crippen LogP contribution is -2.30. The Morgan fingerprint density at radius 2 is 2.04 bits per heavy atom. The zero-order valence-corrected chi connectivity index (χ0v) is 14.2. The van der Waals surface area contributed by atoms with E-state index in [2.05, 4.69) is 5.32 Å². The smallest absolute Gasteiger partial charge is 0.262 e. The van der Waals surface area contributed by atoms with Crippen LogP contribution >= 0.6 is 0 Å². The van der Waals surface area contributed by atoms with Gasteiger partial charge in [0.1, 0.15) is 11.6 Å². The summed E-state index contributed by atoms with van der Waals surface area (Å²) < 4.78 is 11.2. The van der Waals surface area contributed by atoms with E-state index in [0.29, 0.717) is 30.3 Å². The van der Waals surface area contributed by atoms with Crippen LogP contribution in [0.4, 0.5) is 0 Å². The number of benzene rings is 1. The molecule has 0 aliphatic carbocycles. The highest BCUT2D eigenvalue weighted by atomic mass is 16.5. The van der Waals surface area contributed by atoms with Gasteiger partial charge in [0.15, 0.2) is 11.5 Å². The Bertz CT molecular complexity index is 601. The fourth-order valence-electron chi connectivity index (χ4n) is 1.87. The second kappa shape index (κ2) is 9.52. The van der Waals surface area contributed by atoms with Crippen molar-refractivity contribution >= 4 is 12.0 Å². The van der Waals surface area contributed by atoms with Gasteiger partial charge in [0.25, 0.3) is 5.91 Å². The first-order valence-electron chi connectivity index (χ1n) is 7.84. The summed E-state index contributed by atoms with van der Waals surface area (Å²) in [6.07, 6.45) is 2.45. The molecule has 124 valence electrons. The molecule has 0 aliphatic rings. The summed E-state index contributed by atoms with van der Waals surface area (Å²) >= 11 is 0. The molecule has 1 rings (SSSR count). The predicted molar refractivity (Wildman–Crippen MR) is 90.3 cm³/mol. The molecule has 0 bridgehead atoms. The molecule has 0 aliphatic heterocycles. The van der Waals surface area contributed by atoms with Gasteiger partial charge in [-0.3, -0.25) is 4.79 Å². The average molecular weight is 316 g/mol. The first-order valence-corrected chi connectivity index (χ1v) is 7.84. The van der Waals surface area contributed by atoms with Crippen molar-refractivity contribution in [2.24, 2.45) is 0 Å². The third-order valence-electron chi connectivity index (χ3n) is 2.83. The third kappa shape index (κ3) is 6.03. The highest BCUT2D eigenvalue weighted by Gasteiger charge is 2.11. The van der Waals surface area contributed by atoms with Crippen molar-refractivity contribution in [3.8, 4) is 17.6 Å². The number of nitrogens with one attached hydrogen (secondary N) is 1. The Kier molecular flexibility index (Phi) is 7.69. The molecule has 1 N–H and O–H groups in total. The topological polar surface area (TPSA) is 71.3 Å². The molecule has 0 atom stereocenters. The summed E-state index contributed by atoms with van der Waals surface area (Å²) in [5, 5.41) is 11.9. The molecule has 0 aromatic heterocycles. The van der Waals surface area contributed by atoms with Crippen LogP contribution < -0.4 is 14.8 Å². The van der Waals surface area contributed by atoms with Crippen LogP contribution in [0.5, 0.6) is 11.5 Å². The van der Waals surface area contributed by atoms with Crippen LogP contribution in [0.25, 0.3) is 6.08 Å². The highest BCUT2D eigenvalue weighted by molar-refractivity contribution is 6.01. The van der Waals surface area contributed by atoms with Crippen LogP contribution in [0.2, 0.25) is 0 Å². The lowest BCUT2D eigenvalue weighted by Gasteiger charge is -2.12. The standard InChI is InChI=1S/C18H24N2O3/c1-5-9-23-16-8-7-14(11-17(16)22-6-2)10-15(12-19)18(21)20-13(3)4/h7-8,10-11,13H,5-6,9H2,1-4H3,(H,20,21)/b15-10+. The van der Waals surface area contributed by atoms with E-state index in [4.69, 9.17) is 9.47 Å². The van der Waals surface area contributed by atoms with Gasteiger partial charge in [-0.15, -0.1) is 0 Å². The molecule has 1 amide bonds. The van der Waals surface area contributed by atoms with Crippen molar-refractivity contribution in [2.45, 2.75) is 40.2 Å². The number of ether oxygens (including phenoxy) is 2. The molecular weight excluding hydrogens is 292 g/mol. The van der Waals surface area contributed by atoms with Crippen LogP contribution in [0.1, 0.15) is 39.7 Å². The summed E-state index contributed by atoms with van der Waals surface area (Å²) in [7, 11) is 0. The summed E-state index contributed by atoms with van der Waals surface area (Å²) in [4.78, 5) is 12.0. The SMILES string of the molecule is CCCOc1ccc(/C=C(\C#N)C(=O)NC(C)C)cc1OCC. The van der Waals surface area contributed by atoms with Gasteiger partial charge in [0, 0.05) is 6.04 Å². The van der Waals surface area contributed by atoms with Crippen molar-refractivity contribution in [1.29, 1.82) is 5.26 Å². The first kappa shape index (κ1) is 18.6. The van der Waals surface area contributed by atoms with E-state index >= 15 is 0 Å². The van der Waals surface area contributed by atoms with Gasteiger partial charge in [-0.25, -0.2) is 0 Å². The molecule has 5 nitrogen and oxygen atoms in total. The zero-order valence-electron chi connectivity index (χ0n) is 14.2. The van der Waals surface area contributed by atoms with Crippen molar-refractivity contribution in [3.05, 3.63) is 29.3 Å². The molecule has 23 heavy (non-hydrogen) atoms. The number of nitriles is 1. The number of amides is 1. The molecule has 5 heteroatoms. The lowest BCUT2D eigenvalue weighted by molar-refractivity contribution is -0.117. The van der Waals surface area contributed by atoms with E-state index in [1.54, 1.807) is 24.3 Å². The van der Waals surface area contributed by atoms with Gasteiger partial charge in [-0.1, -0.05) is 13.0 Å². The minimum Gasteiger partial charge on any atom is -0.490 e. The Balaban J connectivity index is 3.07. The number of carbonyl (C=O) groups excluding carboxylic acids is 1. The van der Waals surface area contributed by atoms with Gasteiger partial charge in [0.05, 0.1) is 13.2 Å². The molecule has 0 spiro atoms. The number of hydrogen-bond acceptors (Lipinski definition) is 4. The molecule has 0 saturated heterocycles. The Labute approximate surface area is 137 Å². The molecule has 1 aromatic rings. The fourth-order valence-corrected chi connectivity index (χ4v) is 1.87. The molecule has 0 radical (unpaired) electrons. The lowest BCUT2D eigenvalue weighted by atomic mass is 10.1. The molecule has 0 saturated carbocycles. The van der Waals surface area contributed by atoms with Gasteiger partial charge in [0.2, 0.25) is 0 Å². The van der Waals surface area contributed by atoms with Crippen LogP contribution in [0, 0.1) is 11.3 Å². The van der Waals surface area contributed by atoms with E-state index in [1.165, 1.54) is 0 Å². The van der Waals surface area contributed by atoms with E-state index in [-0.39, 0.29) is 17.5 Å². The fraction of sp³-hybridized carbons (Fsp3) is 0.444. The summed E-state index contributed by atoms with van der Waals surface area (Å²) in [6.45, 7) is 8.73. The van der Waals surface area contributed by atoms with Gasteiger partial charge in [-0.05, 0) is 51.0 Å². The van der Waals surface area contributed by atoms with Crippen LogP contribution in [-0.2, 0) is 4.79 Å². The maximum Gasteiger partial charge on any atom is 0.262 e.